The van der Waals surface area contributed by atoms with E-state index in [9.17, 15) is 13.2 Å². The van der Waals surface area contributed by atoms with Crippen LogP contribution in [0.3, 0.4) is 0 Å². The van der Waals surface area contributed by atoms with Crippen molar-refractivity contribution in [1.82, 2.24) is 9.62 Å². The summed E-state index contributed by atoms with van der Waals surface area (Å²) in [6, 6.07) is 9.69. The van der Waals surface area contributed by atoms with Crippen molar-refractivity contribution < 1.29 is 17.9 Å². The summed E-state index contributed by atoms with van der Waals surface area (Å²) in [6.07, 6.45) is 2.48. The van der Waals surface area contributed by atoms with E-state index in [0.717, 1.165) is 5.56 Å². The van der Waals surface area contributed by atoms with E-state index >= 15 is 0 Å². The van der Waals surface area contributed by atoms with Gasteiger partial charge in [0.2, 0.25) is 15.9 Å². The summed E-state index contributed by atoms with van der Waals surface area (Å²) in [6.45, 7) is 1.32. The van der Waals surface area contributed by atoms with Gasteiger partial charge in [-0.2, -0.15) is 0 Å². The minimum absolute atomic E-state index is 0.0151. The van der Waals surface area contributed by atoms with E-state index in [-0.39, 0.29) is 18.6 Å². The molecule has 122 valence electrons. The molecule has 0 bridgehead atoms. The lowest BCUT2D eigenvalue weighted by molar-refractivity contribution is -0.127. The van der Waals surface area contributed by atoms with Gasteiger partial charge in [-0.3, -0.25) is 4.79 Å². The number of sulfonamides is 1. The first-order valence-electron chi connectivity index (χ1n) is 7.31. The van der Waals surface area contributed by atoms with E-state index in [1.165, 1.54) is 10.6 Å². The summed E-state index contributed by atoms with van der Waals surface area (Å²) in [4.78, 5) is 11.8. The van der Waals surface area contributed by atoms with Gasteiger partial charge in [0, 0.05) is 19.1 Å². The van der Waals surface area contributed by atoms with Gasteiger partial charge in [0.15, 0.2) is 0 Å². The third-order valence-electron chi connectivity index (χ3n) is 3.63. The Kier molecular flexibility index (Phi) is 5.93. The lowest BCUT2D eigenvalue weighted by atomic mass is 10.1. The van der Waals surface area contributed by atoms with Crippen molar-refractivity contribution in [3.05, 3.63) is 35.9 Å². The molecule has 1 aliphatic heterocycles. The Balaban J connectivity index is 1.66. The first-order valence-corrected chi connectivity index (χ1v) is 9.16. The van der Waals surface area contributed by atoms with Crippen LogP contribution >= 0.6 is 0 Å². The lowest BCUT2D eigenvalue weighted by Crippen LogP contribution is -2.47. The van der Waals surface area contributed by atoms with Crippen molar-refractivity contribution in [3.8, 4) is 0 Å². The number of piperidine rings is 1. The van der Waals surface area contributed by atoms with Crippen molar-refractivity contribution >= 4 is 15.9 Å². The first-order chi connectivity index (χ1) is 10.4. The zero-order valence-electron chi connectivity index (χ0n) is 12.7. The summed E-state index contributed by atoms with van der Waals surface area (Å²) in [7, 11) is -3.13. The molecule has 0 saturated carbocycles. The molecule has 0 atom stereocenters. The predicted octanol–water partition coefficient (Wildman–Crippen LogP) is 0.743. The van der Waals surface area contributed by atoms with Crippen LogP contribution in [0.2, 0.25) is 0 Å². The van der Waals surface area contributed by atoms with E-state index in [1.54, 1.807) is 0 Å². The summed E-state index contributed by atoms with van der Waals surface area (Å²) < 4.78 is 29.6. The smallest absolute Gasteiger partial charge is 0.246 e. The number of ether oxygens (including phenoxy) is 1. The minimum atomic E-state index is -3.13. The molecular formula is C15H22N2O4S. The van der Waals surface area contributed by atoms with Crippen LogP contribution in [0.5, 0.6) is 0 Å². The molecule has 2 rings (SSSR count). The summed E-state index contributed by atoms with van der Waals surface area (Å²) in [5.74, 6) is -0.159. The number of hydrogen-bond acceptors (Lipinski definition) is 4. The topological polar surface area (TPSA) is 75.7 Å². The van der Waals surface area contributed by atoms with Gasteiger partial charge < -0.3 is 10.1 Å². The van der Waals surface area contributed by atoms with E-state index in [4.69, 9.17) is 4.74 Å². The Morgan fingerprint density at radius 1 is 1.27 bits per heavy atom. The number of nitrogens with one attached hydrogen (secondary N) is 1. The summed E-state index contributed by atoms with van der Waals surface area (Å²) in [5.41, 5.74) is 1.02. The molecule has 1 amide bonds. The fourth-order valence-corrected chi connectivity index (χ4v) is 3.31. The van der Waals surface area contributed by atoms with Crippen LogP contribution in [0, 0.1) is 0 Å². The SMILES string of the molecule is CS(=O)(=O)N1CCC(NC(=O)COCc2ccccc2)CC1. The van der Waals surface area contributed by atoms with E-state index in [0.29, 0.717) is 32.5 Å². The first kappa shape index (κ1) is 16.9. The molecule has 1 aromatic carbocycles. The molecule has 1 aromatic rings. The molecule has 1 heterocycles. The van der Waals surface area contributed by atoms with Crippen molar-refractivity contribution in [2.45, 2.75) is 25.5 Å². The number of nitrogens with zero attached hydrogens (tertiary/aromatic N) is 1. The Morgan fingerprint density at radius 2 is 1.91 bits per heavy atom. The Bertz CT molecular complexity index is 581. The minimum Gasteiger partial charge on any atom is -0.367 e. The monoisotopic (exact) mass is 326 g/mol. The number of benzene rings is 1. The Morgan fingerprint density at radius 3 is 2.50 bits per heavy atom. The standard InChI is InChI=1S/C15H22N2O4S/c1-22(19,20)17-9-7-14(8-10-17)16-15(18)12-21-11-13-5-3-2-4-6-13/h2-6,14H,7-12H2,1H3,(H,16,18). The molecule has 0 aliphatic carbocycles. The number of hydrogen-bond donors (Lipinski definition) is 1. The van der Waals surface area contributed by atoms with Crippen molar-refractivity contribution in [2.24, 2.45) is 0 Å². The zero-order chi connectivity index (χ0) is 16.0. The highest BCUT2D eigenvalue weighted by Gasteiger charge is 2.25. The third kappa shape index (κ3) is 5.40. The maximum atomic E-state index is 11.8. The normalized spacial score (nSPS) is 17.3. The lowest BCUT2D eigenvalue weighted by Gasteiger charge is -2.30. The van der Waals surface area contributed by atoms with Crippen LogP contribution in [-0.2, 0) is 26.2 Å². The highest BCUT2D eigenvalue weighted by molar-refractivity contribution is 7.88. The second kappa shape index (κ2) is 7.71. The number of carbonyl (C=O) groups excluding carboxylic acids is 1. The average Bonchev–Trinajstić information content (AvgIpc) is 2.48. The Labute approximate surface area is 131 Å². The highest BCUT2D eigenvalue weighted by Crippen LogP contribution is 2.13. The van der Waals surface area contributed by atoms with Crippen LogP contribution in [0.1, 0.15) is 18.4 Å². The number of amides is 1. The molecule has 0 aromatic heterocycles. The van der Waals surface area contributed by atoms with E-state index < -0.39 is 10.0 Å². The second-order valence-corrected chi connectivity index (χ2v) is 7.46. The quantitative estimate of drug-likeness (QED) is 0.837. The zero-order valence-corrected chi connectivity index (χ0v) is 13.5. The second-order valence-electron chi connectivity index (χ2n) is 5.48. The van der Waals surface area contributed by atoms with Crippen LogP contribution in [0.4, 0.5) is 0 Å². The van der Waals surface area contributed by atoms with Crippen molar-refractivity contribution in [3.63, 3.8) is 0 Å². The molecule has 22 heavy (non-hydrogen) atoms. The molecule has 0 radical (unpaired) electrons. The molecule has 0 spiro atoms. The van der Waals surface area contributed by atoms with Gasteiger partial charge in [0.1, 0.15) is 6.61 Å². The van der Waals surface area contributed by atoms with Crippen LogP contribution < -0.4 is 5.32 Å². The fourth-order valence-electron chi connectivity index (χ4n) is 2.44. The Hall–Kier alpha value is -1.44. The number of carbonyl (C=O) groups is 1. The maximum Gasteiger partial charge on any atom is 0.246 e. The fraction of sp³-hybridized carbons (Fsp3) is 0.533. The molecular weight excluding hydrogens is 304 g/mol. The molecule has 1 aliphatic rings. The average molecular weight is 326 g/mol. The van der Waals surface area contributed by atoms with Gasteiger partial charge in [-0.1, -0.05) is 30.3 Å². The maximum absolute atomic E-state index is 11.8. The van der Waals surface area contributed by atoms with E-state index in [2.05, 4.69) is 5.32 Å². The van der Waals surface area contributed by atoms with Crippen molar-refractivity contribution in [2.75, 3.05) is 26.0 Å². The third-order valence-corrected chi connectivity index (χ3v) is 4.94. The summed E-state index contributed by atoms with van der Waals surface area (Å²) in [5, 5.41) is 2.89. The molecule has 6 nitrogen and oxygen atoms in total. The predicted molar refractivity (Wildman–Crippen MR) is 83.7 cm³/mol. The van der Waals surface area contributed by atoms with Crippen LogP contribution in [-0.4, -0.2) is 50.6 Å². The highest BCUT2D eigenvalue weighted by atomic mass is 32.2. The molecule has 1 fully saturated rings. The molecule has 7 heteroatoms. The molecule has 0 unspecified atom stereocenters. The number of rotatable bonds is 6. The van der Waals surface area contributed by atoms with Gasteiger partial charge in [0.25, 0.3) is 0 Å². The van der Waals surface area contributed by atoms with E-state index in [1.807, 2.05) is 30.3 Å². The van der Waals surface area contributed by atoms with Crippen molar-refractivity contribution in [1.29, 1.82) is 0 Å². The summed E-state index contributed by atoms with van der Waals surface area (Å²) >= 11 is 0. The van der Waals surface area contributed by atoms with Gasteiger partial charge in [0.05, 0.1) is 12.9 Å². The van der Waals surface area contributed by atoms with Gasteiger partial charge in [-0.05, 0) is 18.4 Å². The molecule has 1 saturated heterocycles. The van der Waals surface area contributed by atoms with Crippen LogP contribution in [0.15, 0.2) is 30.3 Å². The van der Waals surface area contributed by atoms with Gasteiger partial charge >= 0.3 is 0 Å². The van der Waals surface area contributed by atoms with Gasteiger partial charge in [-0.25, -0.2) is 12.7 Å². The largest absolute Gasteiger partial charge is 0.367 e. The van der Waals surface area contributed by atoms with Crippen LogP contribution in [0.25, 0.3) is 0 Å². The molecule has 1 N–H and O–H groups in total. The van der Waals surface area contributed by atoms with Gasteiger partial charge in [-0.15, -0.1) is 0 Å².